The van der Waals surface area contributed by atoms with Crippen LogP contribution in [0.3, 0.4) is 0 Å². The molecule has 7 heteroatoms. The number of benzene rings is 1. The van der Waals surface area contributed by atoms with E-state index in [9.17, 15) is 14.0 Å². The quantitative estimate of drug-likeness (QED) is 0.871. The van der Waals surface area contributed by atoms with Gasteiger partial charge in [-0.2, -0.15) is 5.26 Å². The van der Waals surface area contributed by atoms with Crippen LogP contribution >= 0.6 is 0 Å². The van der Waals surface area contributed by atoms with Crippen LogP contribution in [0.5, 0.6) is 0 Å². The van der Waals surface area contributed by atoms with Gasteiger partial charge in [-0.25, -0.2) is 9.18 Å². The predicted octanol–water partition coefficient (Wildman–Crippen LogP) is 2.03. The van der Waals surface area contributed by atoms with Crippen LogP contribution in [0.25, 0.3) is 0 Å². The molecule has 6 nitrogen and oxygen atoms in total. The maximum atomic E-state index is 13.0. The number of carboxylic acids is 1. The first-order valence-electron chi connectivity index (χ1n) is 6.49. The molecule has 0 saturated carbocycles. The van der Waals surface area contributed by atoms with E-state index in [-0.39, 0.29) is 17.8 Å². The lowest BCUT2D eigenvalue weighted by molar-refractivity contribution is -0.143. The zero-order valence-electron chi connectivity index (χ0n) is 11.2. The number of amides is 2. The Bertz CT molecular complexity index is 612. The maximum Gasteiger partial charge on any atom is 0.321 e. The summed E-state index contributed by atoms with van der Waals surface area (Å²) in [4.78, 5) is 24.5. The smallest absolute Gasteiger partial charge is 0.321 e. The monoisotopic (exact) mass is 291 g/mol. The minimum Gasteiger partial charge on any atom is -0.481 e. The molecule has 1 unspecified atom stereocenters. The van der Waals surface area contributed by atoms with E-state index < -0.39 is 23.7 Å². The minimum absolute atomic E-state index is 0.0233. The molecule has 2 N–H and O–H groups in total. The normalized spacial score (nSPS) is 17.9. The van der Waals surface area contributed by atoms with Crippen LogP contribution in [0, 0.1) is 23.1 Å². The summed E-state index contributed by atoms with van der Waals surface area (Å²) in [7, 11) is 0. The van der Waals surface area contributed by atoms with Gasteiger partial charge < -0.3 is 15.3 Å². The van der Waals surface area contributed by atoms with Crippen LogP contribution in [0.2, 0.25) is 0 Å². The number of carboxylic acid groups (broad SMARTS) is 1. The second kappa shape index (κ2) is 6.22. The molecule has 110 valence electrons. The predicted molar refractivity (Wildman–Crippen MR) is 72.1 cm³/mol. The molecule has 0 aliphatic carbocycles. The van der Waals surface area contributed by atoms with Crippen LogP contribution in [0.4, 0.5) is 14.9 Å². The average Bonchev–Trinajstić information content (AvgIpc) is 2.49. The van der Waals surface area contributed by atoms with Crippen molar-refractivity contribution in [2.75, 3.05) is 18.4 Å². The fraction of sp³-hybridized carbons (Fsp3) is 0.357. The lowest BCUT2D eigenvalue weighted by Gasteiger charge is -2.30. The van der Waals surface area contributed by atoms with Gasteiger partial charge in [-0.05, 0) is 31.0 Å². The summed E-state index contributed by atoms with van der Waals surface area (Å²) < 4.78 is 13.0. The Balaban J connectivity index is 2.08. The van der Waals surface area contributed by atoms with Crippen molar-refractivity contribution >= 4 is 17.7 Å². The molecule has 0 radical (unpaired) electrons. The Morgan fingerprint density at radius 3 is 2.90 bits per heavy atom. The Labute approximate surface area is 120 Å². The van der Waals surface area contributed by atoms with E-state index in [1.54, 1.807) is 6.07 Å². The summed E-state index contributed by atoms with van der Waals surface area (Å²) in [5.74, 6) is -2.06. The average molecular weight is 291 g/mol. The largest absolute Gasteiger partial charge is 0.481 e. The number of rotatable bonds is 2. The Morgan fingerprint density at radius 2 is 2.24 bits per heavy atom. The van der Waals surface area contributed by atoms with Crippen molar-refractivity contribution in [3.05, 3.63) is 29.6 Å². The molecular formula is C14H14FN3O3. The number of urea groups is 1. The molecule has 0 spiro atoms. The maximum absolute atomic E-state index is 13.0. The zero-order chi connectivity index (χ0) is 15.4. The van der Waals surface area contributed by atoms with E-state index >= 15 is 0 Å². The molecule has 1 heterocycles. The summed E-state index contributed by atoms with van der Waals surface area (Å²) in [5, 5.41) is 20.4. The van der Waals surface area contributed by atoms with Crippen LogP contribution in [0.15, 0.2) is 18.2 Å². The van der Waals surface area contributed by atoms with Gasteiger partial charge in [-0.1, -0.05) is 0 Å². The molecule has 1 aromatic rings. The molecule has 1 aliphatic rings. The van der Waals surface area contributed by atoms with Gasteiger partial charge in [0, 0.05) is 13.1 Å². The van der Waals surface area contributed by atoms with Gasteiger partial charge >= 0.3 is 12.0 Å². The van der Waals surface area contributed by atoms with Gasteiger partial charge in [0.1, 0.15) is 11.9 Å². The Hall–Kier alpha value is -2.62. The topological polar surface area (TPSA) is 93.4 Å². The van der Waals surface area contributed by atoms with Crippen molar-refractivity contribution in [3.8, 4) is 6.07 Å². The summed E-state index contributed by atoms with van der Waals surface area (Å²) in [5.41, 5.74) is 0.233. The highest BCUT2D eigenvalue weighted by molar-refractivity contribution is 5.91. The molecule has 21 heavy (non-hydrogen) atoms. The first-order chi connectivity index (χ1) is 10.0. The SMILES string of the molecule is N#Cc1cc(F)ccc1NC(=O)N1CCCC(C(=O)O)C1. The molecule has 0 aromatic heterocycles. The van der Waals surface area contributed by atoms with Crippen molar-refractivity contribution in [3.63, 3.8) is 0 Å². The number of aliphatic carboxylic acids is 1. The Morgan fingerprint density at radius 1 is 1.48 bits per heavy atom. The van der Waals surface area contributed by atoms with Crippen LogP contribution in [0.1, 0.15) is 18.4 Å². The van der Waals surface area contributed by atoms with Crippen molar-refractivity contribution < 1.29 is 19.1 Å². The molecular weight excluding hydrogens is 277 g/mol. The third-order valence-corrected chi connectivity index (χ3v) is 3.40. The van der Waals surface area contributed by atoms with Crippen LogP contribution in [-0.4, -0.2) is 35.1 Å². The molecule has 2 rings (SSSR count). The van der Waals surface area contributed by atoms with Gasteiger partial charge in [0.15, 0.2) is 0 Å². The number of hydrogen-bond donors (Lipinski definition) is 2. The van der Waals surface area contributed by atoms with E-state index in [2.05, 4.69) is 5.32 Å². The van der Waals surface area contributed by atoms with E-state index in [0.29, 0.717) is 19.4 Å². The molecule has 0 bridgehead atoms. The number of nitrogens with zero attached hydrogens (tertiary/aromatic N) is 2. The van der Waals surface area contributed by atoms with Gasteiger partial charge in [0.2, 0.25) is 0 Å². The van der Waals surface area contributed by atoms with E-state index in [1.165, 1.54) is 11.0 Å². The molecule has 2 amide bonds. The Kier molecular flexibility index (Phi) is 4.38. The molecule has 1 aliphatic heterocycles. The number of carbonyl (C=O) groups excluding carboxylic acids is 1. The fourth-order valence-electron chi connectivity index (χ4n) is 2.28. The number of piperidine rings is 1. The highest BCUT2D eigenvalue weighted by Gasteiger charge is 2.28. The number of likely N-dealkylation sites (tertiary alicyclic amines) is 1. The van der Waals surface area contributed by atoms with Gasteiger partial charge in [-0.15, -0.1) is 0 Å². The molecule has 1 fully saturated rings. The number of hydrogen-bond acceptors (Lipinski definition) is 3. The number of nitrogens with one attached hydrogen (secondary N) is 1. The lowest BCUT2D eigenvalue weighted by atomic mass is 9.99. The highest BCUT2D eigenvalue weighted by atomic mass is 19.1. The van der Waals surface area contributed by atoms with Crippen molar-refractivity contribution in [1.82, 2.24) is 4.90 Å². The molecule has 1 saturated heterocycles. The third kappa shape index (κ3) is 3.48. The van der Waals surface area contributed by atoms with Gasteiger partial charge in [0.05, 0.1) is 17.2 Å². The first kappa shape index (κ1) is 14.8. The third-order valence-electron chi connectivity index (χ3n) is 3.40. The summed E-state index contributed by atoms with van der Waals surface area (Å²) in [6.45, 7) is 0.586. The van der Waals surface area contributed by atoms with E-state index in [4.69, 9.17) is 10.4 Å². The standard InChI is InChI=1S/C14H14FN3O3/c15-11-3-4-12(10(6-11)7-16)17-14(21)18-5-1-2-9(8-18)13(19)20/h3-4,6,9H,1-2,5,8H2,(H,17,21)(H,19,20). The van der Waals surface area contributed by atoms with Crippen LogP contribution in [-0.2, 0) is 4.79 Å². The second-order valence-electron chi connectivity index (χ2n) is 4.86. The molecule has 1 aromatic carbocycles. The number of carbonyl (C=O) groups is 2. The lowest BCUT2D eigenvalue weighted by Crippen LogP contribution is -2.44. The van der Waals surface area contributed by atoms with Crippen molar-refractivity contribution in [2.24, 2.45) is 5.92 Å². The van der Waals surface area contributed by atoms with Gasteiger partial charge in [0.25, 0.3) is 0 Å². The summed E-state index contributed by atoms with van der Waals surface area (Å²) in [6.07, 6.45) is 1.15. The number of anilines is 1. The zero-order valence-corrected chi connectivity index (χ0v) is 11.2. The van der Waals surface area contributed by atoms with E-state index in [0.717, 1.165) is 12.1 Å². The second-order valence-corrected chi connectivity index (χ2v) is 4.86. The number of halogens is 1. The summed E-state index contributed by atoms with van der Waals surface area (Å²) in [6, 6.07) is 4.81. The molecule has 1 atom stereocenters. The minimum atomic E-state index is -0.924. The van der Waals surface area contributed by atoms with E-state index in [1.807, 2.05) is 0 Å². The van der Waals surface area contributed by atoms with Crippen molar-refractivity contribution in [1.29, 1.82) is 5.26 Å². The number of nitriles is 1. The highest BCUT2D eigenvalue weighted by Crippen LogP contribution is 2.20. The van der Waals surface area contributed by atoms with Gasteiger partial charge in [-0.3, -0.25) is 4.79 Å². The summed E-state index contributed by atoms with van der Waals surface area (Å²) >= 11 is 0. The first-order valence-corrected chi connectivity index (χ1v) is 6.49. The van der Waals surface area contributed by atoms with Crippen molar-refractivity contribution in [2.45, 2.75) is 12.8 Å². The van der Waals surface area contributed by atoms with Crippen LogP contribution < -0.4 is 5.32 Å². The fourth-order valence-corrected chi connectivity index (χ4v) is 2.28.